The van der Waals surface area contributed by atoms with E-state index in [4.69, 9.17) is 4.74 Å². The number of Topliss-reactive ketones (excluding diaryl/α,β-unsaturated/α-hetero) is 1. The molecule has 1 heterocycles. The van der Waals surface area contributed by atoms with Crippen molar-refractivity contribution in [1.29, 1.82) is 0 Å². The highest BCUT2D eigenvalue weighted by molar-refractivity contribution is 8.01. The van der Waals surface area contributed by atoms with Crippen molar-refractivity contribution < 1.29 is 14.3 Å². The van der Waals surface area contributed by atoms with Crippen molar-refractivity contribution in [2.75, 3.05) is 12.4 Å². The molecule has 88 valence electrons. The number of thioether (sulfide) groups is 1. The van der Waals surface area contributed by atoms with E-state index in [9.17, 15) is 9.59 Å². The Kier molecular flexibility index (Phi) is 5.48. The molecule has 6 heteroatoms. The zero-order chi connectivity index (χ0) is 12.0. The molecule has 0 aliphatic rings. The van der Waals surface area contributed by atoms with Gasteiger partial charge in [0.15, 0.2) is 10.0 Å². The largest absolute Gasteiger partial charge is 0.461 e. The molecular weight excluding hydrogens is 246 g/mol. The summed E-state index contributed by atoms with van der Waals surface area (Å²) in [5.41, 5.74) is 0.345. The second kappa shape index (κ2) is 6.65. The first-order valence-electron chi connectivity index (χ1n) is 4.88. The Morgan fingerprint density at radius 2 is 2.31 bits per heavy atom. The molecule has 0 aromatic carbocycles. The van der Waals surface area contributed by atoms with Gasteiger partial charge in [-0.2, -0.15) is 0 Å². The van der Waals surface area contributed by atoms with E-state index in [0.717, 1.165) is 4.34 Å². The molecule has 1 aromatic rings. The predicted molar refractivity (Wildman–Crippen MR) is 64.1 cm³/mol. The minimum Gasteiger partial charge on any atom is -0.461 e. The van der Waals surface area contributed by atoms with Gasteiger partial charge in [-0.25, -0.2) is 9.78 Å². The zero-order valence-corrected chi connectivity index (χ0v) is 10.8. The van der Waals surface area contributed by atoms with Crippen LogP contribution in [0.25, 0.3) is 0 Å². The van der Waals surface area contributed by atoms with Crippen LogP contribution in [0.4, 0.5) is 0 Å². The van der Waals surface area contributed by atoms with Gasteiger partial charge in [0.25, 0.3) is 0 Å². The van der Waals surface area contributed by atoms with Gasteiger partial charge >= 0.3 is 5.97 Å². The van der Waals surface area contributed by atoms with E-state index in [1.165, 1.54) is 23.1 Å². The summed E-state index contributed by atoms with van der Waals surface area (Å²) in [6.45, 7) is 3.67. The standard InChI is InChI=1S/C10H13NO3S2/c1-3-14-9(13)8-6-16-10(11-8)15-5-4-7(2)12/h6H,3-5H2,1-2H3. The van der Waals surface area contributed by atoms with Crippen molar-refractivity contribution in [3.05, 3.63) is 11.1 Å². The molecule has 1 rings (SSSR count). The number of rotatable bonds is 6. The number of thiazole rings is 1. The van der Waals surface area contributed by atoms with Crippen LogP contribution in [-0.4, -0.2) is 29.1 Å². The van der Waals surface area contributed by atoms with Crippen LogP contribution in [0, 0.1) is 0 Å². The summed E-state index contributed by atoms with van der Waals surface area (Å²) in [6.07, 6.45) is 0.527. The van der Waals surface area contributed by atoms with E-state index in [-0.39, 0.29) is 5.78 Å². The maximum Gasteiger partial charge on any atom is 0.357 e. The first-order valence-corrected chi connectivity index (χ1v) is 6.75. The fraction of sp³-hybridized carbons (Fsp3) is 0.500. The number of carbonyl (C=O) groups is 2. The summed E-state index contributed by atoms with van der Waals surface area (Å²) in [7, 11) is 0. The Bertz CT molecular complexity index is 376. The van der Waals surface area contributed by atoms with Crippen molar-refractivity contribution >= 4 is 34.9 Å². The average Bonchev–Trinajstić information content (AvgIpc) is 2.66. The molecule has 4 nitrogen and oxygen atoms in total. The van der Waals surface area contributed by atoms with Crippen LogP contribution in [0.2, 0.25) is 0 Å². The molecule has 0 saturated heterocycles. The van der Waals surface area contributed by atoms with Crippen molar-refractivity contribution in [1.82, 2.24) is 4.98 Å². The quantitative estimate of drug-likeness (QED) is 0.580. The second-order valence-electron chi connectivity index (χ2n) is 3.02. The number of hydrogen-bond donors (Lipinski definition) is 0. The van der Waals surface area contributed by atoms with Gasteiger partial charge in [-0.15, -0.1) is 11.3 Å². The first kappa shape index (κ1) is 13.2. The number of carbonyl (C=O) groups excluding carboxylic acids is 2. The van der Waals surface area contributed by atoms with Crippen LogP contribution >= 0.6 is 23.1 Å². The first-order chi connectivity index (χ1) is 7.63. The molecule has 0 saturated carbocycles. The van der Waals surface area contributed by atoms with Gasteiger partial charge in [-0.3, -0.25) is 4.79 Å². The summed E-state index contributed by atoms with van der Waals surface area (Å²) < 4.78 is 5.62. The van der Waals surface area contributed by atoms with Crippen molar-refractivity contribution in [2.24, 2.45) is 0 Å². The lowest BCUT2D eigenvalue weighted by Gasteiger charge is -1.96. The summed E-state index contributed by atoms with van der Waals surface area (Å²) in [5, 5.41) is 1.67. The predicted octanol–water partition coefficient (Wildman–Crippen LogP) is 2.39. The van der Waals surface area contributed by atoms with Crippen LogP contribution in [0.1, 0.15) is 30.8 Å². The van der Waals surface area contributed by atoms with Gasteiger partial charge in [-0.1, -0.05) is 11.8 Å². The van der Waals surface area contributed by atoms with Gasteiger partial charge in [0.05, 0.1) is 6.61 Å². The summed E-state index contributed by atoms with van der Waals surface area (Å²) in [5.74, 6) is 0.470. The molecule has 0 atom stereocenters. The van der Waals surface area contributed by atoms with Crippen LogP contribution in [-0.2, 0) is 9.53 Å². The smallest absolute Gasteiger partial charge is 0.357 e. The Hall–Kier alpha value is -0.880. The average molecular weight is 259 g/mol. The zero-order valence-electron chi connectivity index (χ0n) is 9.19. The Balaban J connectivity index is 2.45. The number of ether oxygens (including phenoxy) is 1. The third-order valence-electron chi connectivity index (χ3n) is 1.65. The maximum atomic E-state index is 11.3. The molecule has 0 bridgehead atoms. The van der Waals surface area contributed by atoms with Crippen molar-refractivity contribution in [2.45, 2.75) is 24.6 Å². The highest BCUT2D eigenvalue weighted by atomic mass is 32.2. The Labute approximate surface area is 102 Å². The summed E-state index contributed by atoms with van der Waals surface area (Å²) in [4.78, 5) is 26.1. The molecule has 0 unspecified atom stereocenters. The lowest BCUT2D eigenvalue weighted by atomic mass is 10.4. The molecule has 0 aliphatic carbocycles. The van der Waals surface area contributed by atoms with Gasteiger partial charge in [0, 0.05) is 17.6 Å². The van der Waals surface area contributed by atoms with Gasteiger partial charge in [0.1, 0.15) is 5.78 Å². The van der Waals surface area contributed by atoms with E-state index >= 15 is 0 Å². The molecule has 0 fully saturated rings. The topological polar surface area (TPSA) is 56.3 Å². The minimum atomic E-state index is -0.392. The van der Waals surface area contributed by atoms with Gasteiger partial charge in [-0.05, 0) is 13.8 Å². The Morgan fingerprint density at radius 1 is 1.56 bits per heavy atom. The van der Waals surface area contributed by atoms with E-state index in [2.05, 4.69) is 4.98 Å². The summed E-state index contributed by atoms with van der Waals surface area (Å²) in [6, 6.07) is 0. The third-order valence-corrected chi connectivity index (χ3v) is 3.67. The molecule has 0 aliphatic heterocycles. The normalized spacial score (nSPS) is 10.1. The number of hydrogen-bond acceptors (Lipinski definition) is 6. The molecule has 0 spiro atoms. The molecule has 1 aromatic heterocycles. The number of ketones is 1. The lowest BCUT2D eigenvalue weighted by Crippen LogP contribution is -2.04. The fourth-order valence-electron chi connectivity index (χ4n) is 0.904. The third kappa shape index (κ3) is 4.32. The number of esters is 1. The molecule has 0 amide bonds. The molecule has 16 heavy (non-hydrogen) atoms. The van der Waals surface area contributed by atoms with Crippen LogP contribution in [0.15, 0.2) is 9.72 Å². The van der Waals surface area contributed by atoms with Crippen molar-refractivity contribution in [3.63, 3.8) is 0 Å². The fourth-order valence-corrected chi connectivity index (χ4v) is 2.81. The second-order valence-corrected chi connectivity index (χ2v) is 5.22. The van der Waals surface area contributed by atoms with Crippen LogP contribution in [0.5, 0.6) is 0 Å². The van der Waals surface area contributed by atoms with Gasteiger partial charge in [0.2, 0.25) is 0 Å². The SMILES string of the molecule is CCOC(=O)c1csc(SCCC(C)=O)n1. The van der Waals surface area contributed by atoms with E-state index in [1.807, 2.05) is 0 Å². The number of aromatic nitrogens is 1. The molecule has 0 N–H and O–H groups in total. The maximum absolute atomic E-state index is 11.3. The van der Waals surface area contributed by atoms with E-state index in [1.54, 1.807) is 19.2 Å². The minimum absolute atomic E-state index is 0.162. The van der Waals surface area contributed by atoms with Crippen LogP contribution in [0.3, 0.4) is 0 Å². The van der Waals surface area contributed by atoms with E-state index < -0.39 is 5.97 Å². The lowest BCUT2D eigenvalue weighted by molar-refractivity contribution is -0.116. The highest BCUT2D eigenvalue weighted by Gasteiger charge is 2.11. The molecule has 0 radical (unpaired) electrons. The van der Waals surface area contributed by atoms with Crippen LogP contribution < -0.4 is 0 Å². The van der Waals surface area contributed by atoms with E-state index in [0.29, 0.717) is 24.5 Å². The van der Waals surface area contributed by atoms with Gasteiger partial charge < -0.3 is 4.74 Å². The monoisotopic (exact) mass is 259 g/mol. The number of nitrogens with zero attached hydrogens (tertiary/aromatic N) is 1. The summed E-state index contributed by atoms with van der Waals surface area (Å²) >= 11 is 2.88. The Morgan fingerprint density at radius 3 is 2.94 bits per heavy atom. The molecular formula is C10H13NO3S2. The van der Waals surface area contributed by atoms with Crippen molar-refractivity contribution in [3.8, 4) is 0 Å². The highest BCUT2D eigenvalue weighted by Crippen LogP contribution is 2.23.